The predicted octanol–water partition coefficient (Wildman–Crippen LogP) is 2.05. The van der Waals surface area contributed by atoms with E-state index in [-0.39, 0.29) is 11.8 Å². The van der Waals surface area contributed by atoms with Crippen molar-refractivity contribution in [3.63, 3.8) is 0 Å². The predicted molar refractivity (Wildman–Crippen MR) is 67.8 cm³/mol. The summed E-state index contributed by atoms with van der Waals surface area (Å²) < 4.78 is 0. The zero-order valence-electron chi connectivity index (χ0n) is 9.53. The third kappa shape index (κ3) is 2.96. The van der Waals surface area contributed by atoms with E-state index in [2.05, 4.69) is 10.3 Å². The number of pyridine rings is 1. The molecular formula is C12H16ClN3O. The first-order chi connectivity index (χ1) is 8.20. The van der Waals surface area contributed by atoms with Gasteiger partial charge in [-0.05, 0) is 37.4 Å². The molecule has 3 N–H and O–H groups in total. The normalized spacial score (nSPS) is 23.6. The summed E-state index contributed by atoms with van der Waals surface area (Å²) in [5, 5.41) is 3.37. The SMILES string of the molecule is NCC1CCCC1C(=O)Nc1cc(Cl)ccn1. The van der Waals surface area contributed by atoms with Crippen molar-refractivity contribution in [1.29, 1.82) is 0 Å². The highest BCUT2D eigenvalue weighted by atomic mass is 35.5. The average Bonchev–Trinajstić information content (AvgIpc) is 2.77. The highest BCUT2D eigenvalue weighted by molar-refractivity contribution is 6.30. The summed E-state index contributed by atoms with van der Waals surface area (Å²) in [5.41, 5.74) is 5.66. The first-order valence-corrected chi connectivity index (χ1v) is 6.21. The minimum Gasteiger partial charge on any atom is -0.330 e. The Kier molecular flexibility index (Phi) is 3.97. The smallest absolute Gasteiger partial charge is 0.228 e. The van der Waals surface area contributed by atoms with E-state index in [0.29, 0.717) is 23.3 Å². The van der Waals surface area contributed by atoms with E-state index in [9.17, 15) is 4.79 Å². The van der Waals surface area contributed by atoms with Gasteiger partial charge in [0.15, 0.2) is 0 Å². The second-order valence-electron chi connectivity index (χ2n) is 4.38. The van der Waals surface area contributed by atoms with Gasteiger partial charge >= 0.3 is 0 Å². The molecule has 1 aromatic heterocycles. The molecule has 2 rings (SSSR count). The molecule has 0 aromatic carbocycles. The number of nitrogens with zero attached hydrogens (tertiary/aromatic N) is 1. The molecule has 1 aliphatic rings. The van der Waals surface area contributed by atoms with Crippen LogP contribution in [-0.4, -0.2) is 17.4 Å². The van der Waals surface area contributed by atoms with Crippen molar-refractivity contribution in [3.05, 3.63) is 23.4 Å². The lowest BCUT2D eigenvalue weighted by Crippen LogP contribution is -2.30. The van der Waals surface area contributed by atoms with Gasteiger partial charge in [0.2, 0.25) is 5.91 Å². The van der Waals surface area contributed by atoms with Crippen LogP contribution < -0.4 is 11.1 Å². The highest BCUT2D eigenvalue weighted by Gasteiger charge is 2.31. The lowest BCUT2D eigenvalue weighted by atomic mass is 9.95. The molecule has 2 unspecified atom stereocenters. The standard InChI is InChI=1S/C12H16ClN3O/c13-9-4-5-15-11(6-9)16-12(17)10-3-1-2-8(10)7-14/h4-6,8,10H,1-3,7,14H2,(H,15,16,17). The molecular weight excluding hydrogens is 238 g/mol. The average molecular weight is 254 g/mol. The topological polar surface area (TPSA) is 68.0 Å². The third-order valence-corrected chi connectivity index (χ3v) is 3.51. The molecule has 1 aliphatic carbocycles. The van der Waals surface area contributed by atoms with Gasteiger partial charge in [0, 0.05) is 17.1 Å². The van der Waals surface area contributed by atoms with Gasteiger partial charge < -0.3 is 11.1 Å². The number of aromatic nitrogens is 1. The number of amides is 1. The molecule has 5 heteroatoms. The fourth-order valence-corrected chi connectivity index (χ4v) is 2.52. The van der Waals surface area contributed by atoms with Gasteiger partial charge in [-0.25, -0.2) is 4.98 Å². The highest BCUT2D eigenvalue weighted by Crippen LogP contribution is 2.31. The third-order valence-electron chi connectivity index (χ3n) is 3.27. The van der Waals surface area contributed by atoms with E-state index < -0.39 is 0 Å². The molecule has 92 valence electrons. The second-order valence-corrected chi connectivity index (χ2v) is 4.82. The molecule has 0 bridgehead atoms. The first kappa shape index (κ1) is 12.3. The Hall–Kier alpha value is -1.13. The Bertz CT molecular complexity index is 410. The van der Waals surface area contributed by atoms with Crippen molar-refractivity contribution in [2.24, 2.45) is 17.6 Å². The molecule has 1 aromatic rings. The van der Waals surface area contributed by atoms with Crippen molar-refractivity contribution in [2.45, 2.75) is 19.3 Å². The van der Waals surface area contributed by atoms with Gasteiger partial charge in [-0.15, -0.1) is 0 Å². The number of hydrogen-bond acceptors (Lipinski definition) is 3. The Balaban J connectivity index is 2.01. The van der Waals surface area contributed by atoms with Gasteiger partial charge in [-0.1, -0.05) is 18.0 Å². The lowest BCUT2D eigenvalue weighted by Gasteiger charge is -2.16. The summed E-state index contributed by atoms with van der Waals surface area (Å²) in [6.07, 6.45) is 4.60. The van der Waals surface area contributed by atoms with Crippen molar-refractivity contribution >= 4 is 23.3 Å². The van der Waals surface area contributed by atoms with Crippen LogP contribution in [0.25, 0.3) is 0 Å². The number of nitrogens with two attached hydrogens (primary N) is 1. The summed E-state index contributed by atoms with van der Waals surface area (Å²) in [5.74, 6) is 0.827. The van der Waals surface area contributed by atoms with Gasteiger partial charge in [-0.3, -0.25) is 4.79 Å². The summed E-state index contributed by atoms with van der Waals surface area (Å²) in [4.78, 5) is 16.1. The molecule has 1 saturated carbocycles. The van der Waals surface area contributed by atoms with E-state index in [1.54, 1.807) is 18.3 Å². The van der Waals surface area contributed by atoms with Crippen LogP contribution in [0.2, 0.25) is 5.02 Å². The van der Waals surface area contributed by atoms with Gasteiger partial charge in [-0.2, -0.15) is 0 Å². The zero-order chi connectivity index (χ0) is 12.3. The molecule has 17 heavy (non-hydrogen) atoms. The molecule has 4 nitrogen and oxygen atoms in total. The number of halogens is 1. The van der Waals surface area contributed by atoms with Crippen molar-refractivity contribution in [1.82, 2.24) is 4.98 Å². The molecule has 0 radical (unpaired) electrons. The Morgan fingerprint density at radius 2 is 2.41 bits per heavy atom. The Morgan fingerprint density at radius 1 is 1.59 bits per heavy atom. The van der Waals surface area contributed by atoms with Crippen LogP contribution in [0, 0.1) is 11.8 Å². The van der Waals surface area contributed by atoms with E-state index in [4.69, 9.17) is 17.3 Å². The van der Waals surface area contributed by atoms with Crippen molar-refractivity contribution < 1.29 is 4.79 Å². The van der Waals surface area contributed by atoms with E-state index in [1.807, 2.05) is 0 Å². The number of hydrogen-bond donors (Lipinski definition) is 2. The molecule has 0 saturated heterocycles. The monoisotopic (exact) mass is 253 g/mol. The number of anilines is 1. The first-order valence-electron chi connectivity index (χ1n) is 5.83. The van der Waals surface area contributed by atoms with Gasteiger partial charge in [0.05, 0.1) is 0 Å². The fraction of sp³-hybridized carbons (Fsp3) is 0.500. The fourth-order valence-electron chi connectivity index (χ4n) is 2.36. The maximum Gasteiger partial charge on any atom is 0.228 e. The van der Waals surface area contributed by atoms with Crippen LogP contribution in [0.15, 0.2) is 18.3 Å². The van der Waals surface area contributed by atoms with Crippen molar-refractivity contribution in [3.8, 4) is 0 Å². The minimum absolute atomic E-state index is 0.00715. The van der Waals surface area contributed by atoms with E-state index in [0.717, 1.165) is 19.3 Å². The van der Waals surface area contributed by atoms with Crippen LogP contribution in [0.1, 0.15) is 19.3 Å². The number of carbonyl (C=O) groups is 1. The summed E-state index contributed by atoms with van der Waals surface area (Å²) in [7, 11) is 0. The second kappa shape index (κ2) is 5.47. The Labute approximate surface area is 106 Å². The molecule has 0 spiro atoms. The van der Waals surface area contributed by atoms with E-state index in [1.165, 1.54) is 0 Å². The van der Waals surface area contributed by atoms with Gasteiger partial charge in [0.1, 0.15) is 5.82 Å². The van der Waals surface area contributed by atoms with E-state index >= 15 is 0 Å². The Morgan fingerprint density at radius 3 is 3.12 bits per heavy atom. The minimum atomic E-state index is 0.00715. The number of rotatable bonds is 3. The molecule has 2 atom stereocenters. The number of carbonyl (C=O) groups excluding carboxylic acids is 1. The molecule has 0 aliphatic heterocycles. The molecule has 1 fully saturated rings. The summed E-state index contributed by atoms with van der Waals surface area (Å²) in [6, 6.07) is 3.32. The van der Waals surface area contributed by atoms with Crippen LogP contribution in [0.4, 0.5) is 5.82 Å². The molecule has 1 amide bonds. The summed E-state index contributed by atoms with van der Waals surface area (Å²) in [6.45, 7) is 0.570. The number of nitrogens with one attached hydrogen (secondary N) is 1. The molecule has 1 heterocycles. The lowest BCUT2D eigenvalue weighted by molar-refractivity contribution is -0.120. The maximum atomic E-state index is 12.0. The van der Waals surface area contributed by atoms with Gasteiger partial charge in [0.25, 0.3) is 0 Å². The van der Waals surface area contributed by atoms with Crippen LogP contribution >= 0.6 is 11.6 Å². The van der Waals surface area contributed by atoms with Crippen molar-refractivity contribution in [2.75, 3.05) is 11.9 Å². The zero-order valence-corrected chi connectivity index (χ0v) is 10.3. The quantitative estimate of drug-likeness (QED) is 0.866. The summed E-state index contributed by atoms with van der Waals surface area (Å²) >= 11 is 5.83. The van der Waals surface area contributed by atoms with Crippen LogP contribution in [-0.2, 0) is 4.79 Å². The van der Waals surface area contributed by atoms with Crippen LogP contribution in [0.3, 0.4) is 0 Å². The van der Waals surface area contributed by atoms with Crippen LogP contribution in [0.5, 0.6) is 0 Å². The maximum absolute atomic E-state index is 12.0. The largest absolute Gasteiger partial charge is 0.330 e.